The van der Waals surface area contributed by atoms with Gasteiger partial charge in [-0.25, -0.2) is 4.99 Å². The van der Waals surface area contributed by atoms with Gasteiger partial charge < -0.3 is 10.5 Å². The molecule has 0 aromatic rings. The number of fused-ring (bicyclic) bond motifs is 1. The molecule has 0 saturated carbocycles. The minimum atomic E-state index is -0.186. The van der Waals surface area contributed by atoms with Crippen LogP contribution in [-0.4, -0.2) is 24.3 Å². The summed E-state index contributed by atoms with van der Waals surface area (Å²) in [6, 6.07) is 0.0208. The molecule has 2 aliphatic heterocycles. The lowest BCUT2D eigenvalue weighted by atomic mass is 9.82. The van der Waals surface area contributed by atoms with Crippen LogP contribution in [0.4, 0.5) is 0 Å². The van der Waals surface area contributed by atoms with Crippen LogP contribution in [0.25, 0.3) is 0 Å². The highest BCUT2D eigenvalue weighted by atomic mass is 16.5. The summed E-state index contributed by atoms with van der Waals surface area (Å²) in [4.78, 5) is 8.24. The summed E-state index contributed by atoms with van der Waals surface area (Å²) in [6.07, 6.45) is 3.11. The Labute approximate surface area is 83.6 Å². The summed E-state index contributed by atoms with van der Waals surface area (Å²) >= 11 is 0. The molecule has 0 spiro atoms. The van der Waals surface area contributed by atoms with Crippen molar-refractivity contribution >= 4 is 12.2 Å². The molecule has 2 unspecified atom stereocenters. The summed E-state index contributed by atoms with van der Waals surface area (Å²) < 4.78 is 5.48. The van der Waals surface area contributed by atoms with Crippen molar-refractivity contribution in [2.75, 3.05) is 0 Å². The van der Waals surface area contributed by atoms with Crippen LogP contribution in [0.3, 0.4) is 0 Å². The molecule has 0 aromatic carbocycles. The number of hydrogen-bond acceptors (Lipinski definition) is 4. The Morgan fingerprint density at radius 1 is 1.43 bits per heavy atom. The topological polar surface area (TPSA) is 60.0 Å². The van der Waals surface area contributed by atoms with Crippen molar-refractivity contribution in [1.29, 1.82) is 0 Å². The van der Waals surface area contributed by atoms with E-state index >= 15 is 0 Å². The average molecular weight is 193 g/mol. The molecule has 2 heterocycles. The number of hydrogen-bond donors (Lipinski definition) is 1. The first kappa shape index (κ1) is 9.24. The van der Waals surface area contributed by atoms with E-state index in [9.17, 15) is 0 Å². The van der Waals surface area contributed by atoms with E-state index in [1.165, 1.54) is 11.9 Å². The van der Waals surface area contributed by atoms with Crippen molar-refractivity contribution in [2.24, 2.45) is 21.1 Å². The second kappa shape index (κ2) is 2.83. The lowest BCUT2D eigenvalue weighted by Crippen LogP contribution is -2.40. The molecular formula is C10H15N3O. The third-order valence-electron chi connectivity index (χ3n) is 2.54. The molecule has 2 N–H and O–H groups in total. The Kier molecular flexibility index (Phi) is 1.87. The summed E-state index contributed by atoms with van der Waals surface area (Å²) in [7, 11) is 0. The molecule has 0 radical (unpaired) electrons. The fourth-order valence-corrected chi connectivity index (χ4v) is 1.71. The molecule has 4 heteroatoms. The quantitative estimate of drug-likeness (QED) is 0.626. The number of nitrogens with zero attached hydrogens (tertiary/aromatic N) is 2. The van der Waals surface area contributed by atoms with Crippen LogP contribution in [0.2, 0.25) is 0 Å². The molecule has 0 amide bonds. The number of rotatable bonds is 0. The van der Waals surface area contributed by atoms with Crippen molar-refractivity contribution in [3.05, 3.63) is 11.8 Å². The van der Waals surface area contributed by atoms with Gasteiger partial charge in [-0.15, -0.1) is 0 Å². The van der Waals surface area contributed by atoms with Crippen LogP contribution in [-0.2, 0) is 4.74 Å². The van der Waals surface area contributed by atoms with Crippen LogP contribution in [0, 0.1) is 5.41 Å². The minimum Gasteiger partial charge on any atom is -0.487 e. The standard InChI is InChI=1S/C10H15N3O/c1-10(2,3)6-4-14-8-7(6)12-5-13-9(8)11/h4-5,7-8H,1-3H3,(H2,11,12,13). The molecule has 2 aliphatic rings. The molecule has 76 valence electrons. The van der Waals surface area contributed by atoms with E-state index in [1.807, 2.05) is 0 Å². The number of aliphatic imine (C=N–C) groups is 2. The largest absolute Gasteiger partial charge is 0.487 e. The van der Waals surface area contributed by atoms with E-state index < -0.39 is 0 Å². The minimum absolute atomic E-state index is 0.0208. The predicted octanol–water partition coefficient (Wildman–Crippen LogP) is 1.08. The summed E-state index contributed by atoms with van der Waals surface area (Å²) in [5.41, 5.74) is 6.97. The number of ether oxygens (including phenoxy) is 1. The third kappa shape index (κ3) is 1.31. The van der Waals surface area contributed by atoms with Gasteiger partial charge in [0.05, 0.1) is 6.26 Å². The second-order valence-electron chi connectivity index (χ2n) is 4.64. The van der Waals surface area contributed by atoms with Crippen molar-refractivity contribution in [3.8, 4) is 0 Å². The number of nitrogens with two attached hydrogens (primary N) is 1. The average Bonchev–Trinajstić information content (AvgIpc) is 2.47. The SMILES string of the molecule is CC(C)(C)C1=COC2C(N)=NC=NC12. The van der Waals surface area contributed by atoms with Gasteiger partial charge in [0.2, 0.25) is 0 Å². The Balaban J connectivity index is 2.28. The fourth-order valence-electron chi connectivity index (χ4n) is 1.71. The highest BCUT2D eigenvalue weighted by Crippen LogP contribution is 2.36. The molecule has 4 nitrogen and oxygen atoms in total. The monoisotopic (exact) mass is 193 g/mol. The highest BCUT2D eigenvalue weighted by molar-refractivity contribution is 5.94. The summed E-state index contributed by atoms with van der Waals surface area (Å²) in [5.74, 6) is 0.514. The van der Waals surface area contributed by atoms with E-state index in [0.717, 1.165) is 0 Å². The van der Waals surface area contributed by atoms with Crippen molar-refractivity contribution in [1.82, 2.24) is 0 Å². The third-order valence-corrected chi connectivity index (χ3v) is 2.54. The van der Waals surface area contributed by atoms with E-state index in [4.69, 9.17) is 10.5 Å². The molecular weight excluding hydrogens is 178 g/mol. The highest BCUT2D eigenvalue weighted by Gasteiger charge is 2.40. The second-order valence-corrected chi connectivity index (χ2v) is 4.64. The van der Waals surface area contributed by atoms with E-state index in [1.54, 1.807) is 6.26 Å². The predicted molar refractivity (Wildman–Crippen MR) is 56.3 cm³/mol. The van der Waals surface area contributed by atoms with Gasteiger partial charge >= 0.3 is 0 Å². The zero-order valence-electron chi connectivity index (χ0n) is 8.69. The van der Waals surface area contributed by atoms with Gasteiger partial charge in [0, 0.05) is 0 Å². The maximum Gasteiger partial charge on any atom is 0.181 e. The van der Waals surface area contributed by atoms with E-state index in [2.05, 4.69) is 30.8 Å². The van der Waals surface area contributed by atoms with Gasteiger partial charge in [0.1, 0.15) is 18.2 Å². The normalized spacial score (nSPS) is 30.5. The smallest absolute Gasteiger partial charge is 0.181 e. The Morgan fingerprint density at radius 2 is 2.14 bits per heavy atom. The Bertz CT molecular complexity index is 336. The molecule has 0 saturated heterocycles. The molecule has 2 atom stereocenters. The number of amidine groups is 1. The lowest BCUT2D eigenvalue weighted by molar-refractivity contribution is 0.215. The van der Waals surface area contributed by atoms with Crippen LogP contribution >= 0.6 is 0 Å². The van der Waals surface area contributed by atoms with E-state index in [-0.39, 0.29) is 17.6 Å². The Hall–Kier alpha value is -1.32. The van der Waals surface area contributed by atoms with Crippen LogP contribution in [0.1, 0.15) is 20.8 Å². The fraction of sp³-hybridized carbons (Fsp3) is 0.600. The van der Waals surface area contributed by atoms with Crippen molar-refractivity contribution < 1.29 is 4.74 Å². The molecule has 14 heavy (non-hydrogen) atoms. The first-order valence-electron chi connectivity index (χ1n) is 4.71. The zero-order chi connectivity index (χ0) is 10.3. The van der Waals surface area contributed by atoms with Gasteiger partial charge in [0.25, 0.3) is 0 Å². The van der Waals surface area contributed by atoms with Gasteiger partial charge in [0.15, 0.2) is 6.10 Å². The van der Waals surface area contributed by atoms with Crippen LogP contribution < -0.4 is 5.73 Å². The molecule has 2 rings (SSSR count). The van der Waals surface area contributed by atoms with Crippen LogP contribution in [0.5, 0.6) is 0 Å². The molecule has 0 aliphatic carbocycles. The van der Waals surface area contributed by atoms with Crippen molar-refractivity contribution in [3.63, 3.8) is 0 Å². The maximum absolute atomic E-state index is 5.73. The molecule has 0 fully saturated rings. The van der Waals surface area contributed by atoms with Crippen molar-refractivity contribution in [2.45, 2.75) is 32.9 Å². The van der Waals surface area contributed by atoms with Gasteiger partial charge in [-0.1, -0.05) is 20.8 Å². The molecule has 0 bridgehead atoms. The van der Waals surface area contributed by atoms with Gasteiger partial charge in [-0.2, -0.15) is 0 Å². The zero-order valence-corrected chi connectivity index (χ0v) is 8.69. The lowest BCUT2D eigenvalue weighted by Gasteiger charge is -2.26. The van der Waals surface area contributed by atoms with Gasteiger partial charge in [-0.3, -0.25) is 4.99 Å². The summed E-state index contributed by atoms with van der Waals surface area (Å²) in [5, 5.41) is 0. The van der Waals surface area contributed by atoms with Crippen LogP contribution in [0.15, 0.2) is 21.8 Å². The first-order chi connectivity index (χ1) is 6.50. The van der Waals surface area contributed by atoms with E-state index in [0.29, 0.717) is 5.84 Å². The first-order valence-corrected chi connectivity index (χ1v) is 4.71. The van der Waals surface area contributed by atoms with Gasteiger partial charge in [-0.05, 0) is 11.0 Å². The molecule has 0 aromatic heterocycles. The summed E-state index contributed by atoms with van der Waals surface area (Å²) in [6.45, 7) is 6.42. The Morgan fingerprint density at radius 3 is 2.79 bits per heavy atom. The maximum atomic E-state index is 5.73.